The molecule has 3 heteroatoms. The molecule has 0 aliphatic heterocycles. The molecule has 3 unspecified atom stereocenters. The van der Waals surface area contributed by atoms with E-state index < -0.39 is 5.60 Å². The lowest BCUT2D eigenvalue weighted by Gasteiger charge is -2.55. The van der Waals surface area contributed by atoms with E-state index in [1.807, 2.05) is 0 Å². The van der Waals surface area contributed by atoms with Gasteiger partial charge in [-0.1, -0.05) is 27.2 Å². The summed E-state index contributed by atoms with van der Waals surface area (Å²) >= 11 is 0. The molecule has 0 amide bonds. The average molecular weight is 338 g/mol. The summed E-state index contributed by atoms with van der Waals surface area (Å²) in [6.45, 7) is 7.98. The van der Waals surface area contributed by atoms with Gasteiger partial charge in [-0.3, -0.25) is 0 Å². The molecular weight excluding hydrogens is 298 g/mol. The molecule has 3 aliphatic rings. The van der Waals surface area contributed by atoms with Gasteiger partial charge in [0.2, 0.25) is 0 Å². The third-order valence-electron chi connectivity index (χ3n) is 8.78. The fourth-order valence-electron chi connectivity index (χ4n) is 7.11. The molecule has 0 saturated heterocycles. The molecule has 0 heterocycles. The minimum absolute atomic E-state index is 0.211. The number of hydrogen-bond donors (Lipinski definition) is 3. The number of hydrogen-bond acceptors (Lipinski definition) is 3. The van der Waals surface area contributed by atoms with E-state index in [2.05, 4.69) is 20.8 Å². The lowest BCUT2D eigenvalue weighted by Crippen LogP contribution is -2.55. The Bertz CT molecular complexity index is 442. The first kappa shape index (κ1) is 18.7. The van der Waals surface area contributed by atoms with Gasteiger partial charge in [0.05, 0.1) is 5.60 Å². The van der Waals surface area contributed by atoms with Crippen molar-refractivity contribution in [3.8, 4) is 0 Å². The van der Waals surface area contributed by atoms with Crippen molar-refractivity contribution >= 4 is 0 Å². The maximum absolute atomic E-state index is 11.6. The first-order valence-corrected chi connectivity index (χ1v) is 10.4. The third-order valence-corrected chi connectivity index (χ3v) is 8.78. The van der Waals surface area contributed by atoms with E-state index in [1.165, 1.54) is 25.7 Å². The van der Waals surface area contributed by atoms with E-state index in [1.54, 1.807) is 0 Å². The molecule has 24 heavy (non-hydrogen) atoms. The first-order chi connectivity index (χ1) is 11.4. The van der Waals surface area contributed by atoms with Crippen LogP contribution in [0.2, 0.25) is 0 Å². The van der Waals surface area contributed by atoms with Crippen molar-refractivity contribution in [1.29, 1.82) is 0 Å². The normalized spacial score (nSPS) is 52.2. The van der Waals surface area contributed by atoms with E-state index in [4.69, 9.17) is 5.73 Å². The fraction of sp³-hybridized carbons (Fsp3) is 1.00. The first-order valence-electron chi connectivity index (χ1n) is 10.4. The molecule has 0 aromatic carbocycles. The van der Waals surface area contributed by atoms with Crippen molar-refractivity contribution in [3.63, 3.8) is 0 Å². The highest BCUT2D eigenvalue weighted by molar-refractivity contribution is 5.07. The van der Waals surface area contributed by atoms with Crippen molar-refractivity contribution in [2.24, 2.45) is 46.7 Å². The number of aliphatic hydroxyl groups is 2. The Balaban J connectivity index is 1.82. The molecule has 0 bridgehead atoms. The van der Waals surface area contributed by atoms with E-state index in [0.717, 1.165) is 31.6 Å². The summed E-state index contributed by atoms with van der Waals surface area (Å²) in [5, 5.41) is 21.3. The summed E-state index contributed by atoms with van der Waals surface area (Å²) in [7, 11) is 0. The largest absolute Gasteiger partial charge is 0.396 e. The van der Waals surface area contributed by atoms with Crippen LogP contribution < -0.4 is 5.73 Å². The molecule has 0 aromatic rings. The molecule has 0 spiro atoms. The van der Waals surface area contributed by atoms with Gasteiger partial charge < -0.3 is 15.9 Å². The summed E-state index contributed by atoms with van der Waals surface area (Å²) in [5.74, 6) is 3.08. The van der Waals surface area contributed by atoms with E-state index >= 15 is 0 Å². The third kappa shape index (κ3) is 2.85. The molecule has 3 aliphatic carbocycles. The van der Waals surface area contributed by atoms with Crippen LogP contribution in [0.3, 0.4) is 0 Å². The van der Waals surface area contributed by atoms with Crippen molar-refractivity contribution < 1.29 is 10.2 Å². The Kier molecular flexibility index (Phi) is 5.36. The summed E-state index contributed by atoms with van der Waals surface area (Å²) in [6.07, 6.45) is 8.99. The second-order valence-corrected chi connectivity index (χ2v) is 9.61. The Hall–Kier alpha value is -0.120. The Morgan fingerprint density at radius 2 is 1.83 bits per heavy atom. The molecule has 4 N–H and O–H groups in total. The van der Waals surface area contributed by atoms with Gasteiger partial charge in [-0.25, -0.2) is 0 Å². The summed E-state index contributed by atoms with van der Waals surface area (Å²) in [5.41, 5.74) is 6.13. The second-order valence-electron chi connectivity index (χ2n) is 9.61. The standard InChI is InChI=1S/C21H39NO2/c1-4-16-5-6-18-17(12-22)19(8-9-20(16,18)3)21(24)10-7-14(2)15(11-21)13-23/h14-19,23-24H,4-13,22H2,1-3H3/t14?,15?,16-,17-,18-,19-,20+,21?/m0/s1. The molecule has 3 saturated carbocycles. The fourth-order valence-corrected chi connectivity index (χ4v) is 7.11. The molecular formula is C21H39NO2. The van der Waals surface area contributed by atoms with Crippen LogP contribution in [0.5, 0.6) is 0 Å². The monoisotopic (exact) mass is 337 g/mol. The van der Waals surface area contributed by atoms with Crippen LogP contribution in [0.4, 0.5) is 0 Å². The smallest absolute Gasteiger partial charge is 0.0682 e. The van der Waals surface area contributed by atoms with Gasteiger partial charge in [0, 0.05) is 6.61 Å². The van der Waals surface area contributed by atoms with Crippen LogP contribution >= 0.6 is 0 Å². The molecule has 140 valence electrons. The van der Waals surface area contributed by atoms with Crippen LogP contribution in [0, 0.1) is 40.9 Å². The zero-order valence-electron chi connectivity index (χ0n) is 16.0. The van der Waals surface area contributed by atoms with Crippen LogP contribution in [0.25, 0.3) is 0 Å². The minimum atomic E-state index is -0.602. The second kappa shape index (κ2) is 6.89. The molecule has 3 nitrogen and oxygen atoms in total. The average Bonchev–Trinajstić information content (AvgIpc) is 2.92. The SMILES string of the molecule is CC[C@H]1CC[C@H]2[C@H](CN)[C@@H](C3(O)CCC(C)C(CO)C3)CC[C@]12C. The van der Waals surface area contributed by atoms with E-state index in [9.17, 15) is 10.2 Å². The highest BCUT2D eigenvalue weighted by Gasteiger charge is 2.57. The molecule has 0 aromatic heterocycles. The summed E-state index contributed by atoms with van der Waals surface area (Å²) in [6, 6.07) is 0. The Morgan fingerprint density at radius 3 is 2.46 bits per heavy atom. The van der Waals surface area contributed by atoms with Gasteiger partial charge >= 0.3 is 0 Å². The van der Waals surface area contributed by atoms with Crippen LogP contribution in [-0.4, -0.2) is 29.0 Å². The number of nitrogens with two attached hydrogens (primary N) is 1. The highest BCUT2D eigenvalue weighted by atomic mass is 16.3. The molecule has 0 radical (unpaired) electrons. The quantitative estimate of drug-likeness (QED) is 0.734. The maximum Gasteiger partial charge on any atom is 0.0682 e. The Labute approximate surface area is 148 Å². The van der Waals surface area contributed by atoms with Gasteiger partial charge in [0.1, 0.15) is 0 Å². The van der Waals surface area contributed by atoms with Crippen LogP contribution in [-0.2, 0) is 0 Å². The number of rotatable bonds is 4. The van der Waals surface area contributed by atoms with Gasteiger partial charge in [-0.05, 0) is 92.4 Å². The van der Waals surface area contributed by atoms with Crippen molar-refractivity contribution in [2.75, 3.05) is 13.2 Å². The van der Waals surface area contributed by atoms with Crippen molar-refractivity contribution in [2.45, 2.75) is 77.7 Å². The van der Waals surface area contributed by atoms with Crippen LogP contribution in [0.15, 0.2) is 0 Å². The van der Waals surface area contributed by atoms with Gasteiger partial charge in [-0.15, -0.1) is 0 Å². The molecule has 3 rings (SSSR count). The topological polar surface area (TPSA) is 66.5 Å². The van der Waals surface area contributed by atoms with Gasteiger partial charge in [0.15, 0.2) is 0 Å². The number of fused-ring (bicyclic) bond motifs is 1. The predicted octanol–water partition coefficient (Wildman–Crippen LogP) is 3.57. The predicted molar refractivity (Wildman–Crippen MR) is 98.4 cm³/mol. The maximum atomic E-state index is 11.6. The molecule has 3 fully saturated rings. The summed E-state index contributed by atoms with van der Waals surface area (Å²) < 4.78 is 0. The van der Waals surface area contributed by atoms with Crippen molar-refractivity contribution in [1.82, 2.24) is 0 Å². The number of aliphatic hydroxyl groups excluding tert-OH is 1. The van der Waals surface area contributed by atoms with Gasteiger partial charge in [-0.2, -0.15) is 0 Å². The highest BCUT2D eigenvalue weighted by Crippen LogP contribution is 2.62. The van der Waals surface area contributed by atoms with Gasteiger partial charge in [0.25, 0.3) is 0 Å². The lowest BCUT2D eigenvalue weighted by atomic mass is 9.52. The zero-order valence-corrected chi connectivity index (χ0v) is 16.0. The van der Waals surface area contributed by atoms with Crippen LogP contribution in [0.1, 0.15) is 72.1 Å². The molecule has 8 atom stereocenters. The summed E-state index contributed by atoms with van der Waals surface area (Å²) in [4.78, 5) is 0. The van der Waals surface area contributed by atoms with Crippen molar-refractivity contribution in [3.05, 3.63) is 0 Å². The lowest BCUT2D eigenvalue weighted by molar-refractivity contribution is -0.137. The minimum Gasteiger partial charge on any atom is -0.396 e. The zero-order chi connectivity index (χ0) is 17.5. The van der Waals surface area contributed by atoms with E-state index in [0.29, 0.717) is 35.6 Å². The van der Waals surface area contributed by atoms with E-state index in [-0.39, 0.29) is 12.5 Å². The Morgan fingerprint density at radius 1 is 1.08 bits per heavy atom.